The van der Waals surface area contributed by atoms with Gasteiger partial charge in [0.1, 0.15) is 5.69 Å². The van der Waals surface area contributed by atoms with E-state index in [1.165, 1.54) is 6.07 Å². The highest BCUT2D eigenvalue weighted by Crippen LogP contribution is 2.22. The van der Waals surface area contributed by atoms with E-state index in [2.05, 4.69) is 4.98 Å². The zero-order chi connectivity index (χ0) is 13.8. The molecule has 0 aliphatic heterocycles. The fourth-order valence-corrected chi connectivity index (χ4v) is 1.92. The van der Waals surface area contributed by atoms with E-state index in [1.54, 1.807) is 13.1 Å². The highest BCUT2D eigenvalue weighted by atomic mass is 16.6. The van der Waals surface area contributed by atoms with Gasteiger partial charge in [0.05, 0.1) is 4.92 Å². The van der Waals surface area contributed by atoms with Gasteiger partial charge >= 0.3 is 0 Å². The van der Waals surface area contributed by atoms with Crippen molar-refractivity contribution in [2.24, 2.45) is 5.73 Å². The summed E-state index contributed by atoms with van der Waals surface area (Å²) in [5.41, 5.74) is 8.24. The topological polar surface area (TPSA) is 82.0 Å². The van der Waals surface area contributed by atoms with Crippen LogP contribution in [-0.4, -0.2) is 9.91 Å². The Kier molecular flexibility index (Phi) is 3.87. The molecule has 98 valence electrons. The van der Waals surface area contributed by atoms with Gasteiger partial charge in [-0.05, 0) is 18.1 Å². The smallest absolute Gasteiger partial charge is 0.291 e. The molecule has 1 atom stereocenters. The Hall–Kier alpha value is -2.27. The van der Waals surface area contributed by atoms with Crippen molar-refractivity contribution in [3.05, 3.63) is 69.5 Å². The molecule has 0 aliphatic rings. The number of nitro groups is 1. The number of benzene rings is 1. The first-order chi connectivity index (χ1) is 9.08. The van der Waals surface area contributed by atoms with Crippen molar-refractivity contribution in [2.75, 3.05) is 0 Å². The van der Waals surface area contributed by atoms with Crippen LogP contribution in [0.4, 0.5) is 5.69 Å². The molecule has 0 saturated heterocycles. The second-order valence-electron chi connectivity index (χ2n) is 4.46. The quantitative estimate of drug-likeness (QED) is 0.674. The average molecular weight is 257 g/mol. The lowest BCUT2D eigenvalue weighted by Gasteiger charge is -2.11. The number of hydrogen-bond acceptors (Lipinski definition) is 4. The van der Waals surface area contributed by atoms with Crippen LogP contribution in [0.2, 0.25) is 0 Å². The molecule has 0 spiro atoms. The van der Waals surface area contributed by atoms with E-state index >= 15 is 0 Å². The molecule has 2 rings (SSSR count). The van der Waals surface area contributed by atoms with E-state index in [9.17, 15) is 10.1 Å². The molecule has 2 N–H and O–H groups in total. The number of nitrogens with two attached hydrogens (primary N) is 1. The molecule has 19 heavy (non-hydrogen) atoms. The molecule has 0 amide bonds. The Morgan fingerprint density at radius 3 is 2.68 bits per heavy atom. The Bertz CT molecular complexity index is 584. The first-order valence-corrected chi connectivity index (χ1v) is 5.98. The molecule has 5 heteroatoms. The van der Waals surface area contributed by atoms with E-state index < -0.39 is 4.92 Å². The van der Waals surface area contributed by atoms with Gasteiger partial charge < -0.3 is 5.73 Å². The van der Waals surface area contributed by atoms with Gasteiger partial charge in [-0.1, -0.05) is 30.3 Å². The lowest BCUT2D eigenvalue weighted by atomic mass is 10.0. The van der Waals surface area contributed by atoms with Crippen LogP contribution in [0.5, 0.6) is 0 Å². The van der Waals surface area contributed by atoms with Crippen molar-refractivity contribution in [3.63, 3.8) is 0 Å². The van der Waals surface area contributed by atoms with Crippen LogP contribution < -0.4 is 5.73 Å². The summed E-state index contributed by atoms with van der Waals surface area (Å²) in [5, 5.41) is 11.0. The lowest BCUT2D eigenvalue weighted by Crippen LogP contribution is -2.15. The van der Waals surface area contributed by atoms with Crippen LogP contribution in [-0.2, 0) is 6.42 Å². The van der Waals surface area contributed by atoms with Crippen LogP contribution in [0.3, 0.4) is 0 Å². The van der Waals surface area contributed by atoms with E-state index in [1.807, 2.05) is 30.3 Å². The minimum absolute atomic E-state index is 0.0337. The van der Waals surface area contributed by atoms with E-state index in [0.717, 1.165) is 11.1 Å². The molecule has 5 nitrogen and oxygen atoms in total. The Labute approximate surface area is 111 Å². The molecule has 0 saturated carbocycles. The molecule has 1 heterocycles. The normalized spacial score (nSPS) is 12.1. The van der Waals surface area contributed by atoms with Crippen LogP contribution in [0.25, 0.3) is 0 Å². The number of nitrogens with zero attached hydrogens (tertiary/aromatic N) is 2. The molecular formula is C14H15N3O2. The summed E-state index contributed by atoms with van der Waals surface area (Å²) in [6.07, 6.45) is 1.97. The third-order valence-electron chi connectivity index (χ3n) is 2.92. The van der Waals surface area contributed by atoms with E-state index in [4.69, 9.17) is 5.73 Å². The number of hydrogen-bond donors (Lipinski definition) is 1. The fraction of sp³-hybridized carbons (Fsp3) is 0.214. The molecule has 1 aromatic carbocycles. The molecule has 2 aromatic rings. The summed E-state index contributed by atoms with van der Waals surface area (Å²) in [4.78, 5) is 14.8. The van der Waals surface area contributed by atoms with Gasteiger partial charge in [0, 0.05) is 24.7 Å². The molecule has 0 radical (unpaired) electrons. The van der Waals surface area contributed by atoms with Gasteiger partial charge in [-0.2, -0.15) is 0 Å². The molecular weight excluding hydrogens is 242 g/mol. The maximum atomic E-state index is 11.0. The van der Waals surface area contributed by atoms with E-state index in [-0.39, 0.29) is 11.7 Å². The number of aryl methyl sites for hydroxylation is 1. The molecule has 1 aromatic heterocycles. The monoisotopic (exact) mass is 257 g/mol. The minimum Gasteiger partial charge on any atom is -0.324 e. The lowest BCUT2D eigenvalue weighted by molar-refractivity contribution is -0.386. The third kappa shape index (κ3) is 3.14. The first-order valence-electron chi connectivity index (χ1n) is 5.98. The summed E-state index contributed by atoms with van der Waals surface area (Å²) >= 11 is 0. The second-order valence-corrected chi connectivity index (χ2v) is 4.46. The maximum Gasteiger partial charge on any atom is 0.291 e. The summed E-state index contributed by atoms with van der Waals surface area (Å²) in [6, 6.07) is 10.7. The number of rotatable bonds is 4. The van der Waals surface area contributed by atoms with Crippen molar-refractivity contribution in [1.82, 2.24) is 4.98 Å². The SMILES string of the molecule is Cc1cnc(CC(N)c2ccccc2)c([N+](=O)[O-])c1. The predicted octanol–water partition coefficient (Wildman–Crippen LogP) is 2.54. The first kappa shape index (κ1) is 13.2. The minimum atomic E-state index is -0.410. The molecule has 1 unspecified atom stereocenters. The largest absolute Gasteiger partial charge is 0.324 e. The summed E-state index contributed by atoms with van der Waals surface area (Å²) in [7, 11) is 0. The Morgan fingerprint density at radius 1 is 1.37 bits per heavy atom. The van der Waals surface area contributed by atoms with Crippen LogP contribution in [0.1, 0.15) is 22.9 Å². The highest BCUT2D eigenvalue weighted by molar-refractivity contribution is 5.38. The second kappa shape index (κ2) is 5.58. The van der Waals surface area contributed by atoms with Crippen molar-refractivity contribution in [3.8, 4) is 0 Å². The number of pyridine rings is 1. The fourth-order valence-electron chi connectivity index (χ4n) is 1.92. The van der Waals surface area contributed by atoms with Gasteiger partial charge in [0.25, 0.3) is 5.69 Å². The van der Waals surface area contributed by atoms with Gasteiger partial charge in [0.2, 0.25) is 0 Å². The molecule has 0 fully saturated rings. The van der Waals surface area contributed by atoms with Gasteiger partial charge in [-0.25, -0.2) is 0 Å². The zero-order valence-electron chi connectivity index (χ0n) is 10.6. The maximum absolute atomic E-state index is 11.0. The molecule has 0 aliphatic carbocycles. The summed E-state index contributed by atoms with van der Waals surface area (Å²) in [5.74, 6) is 0. The zero-order valence-corrected chi connectivity index (χ0v) is 10.6. The van der Waals surface area contributed by atoms with Gasteiger partial charge in [0.15, 0.2) is 0 Å². The van der Waals surface area contributed by atoms with Crippen molar-refractivity contribution in [2.45, 2.75) is 19.4 Å². The van der Waals surface area contributed by atoms with Crippen molar-refractivity contribution in [1.29, 1.82) is 0 Å². The standard InChI is InChI=1S/C14H15N3O2/c1-10-7-14(17(18)19)13(16-9-10)8-12(15)11-5-3-2-4-6-11/h2-7,9,12H,8,15H2,1H3. The Balaban J connectivity index is 2.26. The average Bonchev–Trinajstić information content (AvgIpc) is 2.41. The van der Waals surface area contributed by atoms with Gasteiger partial charge in [-0.3, -0.25) is 15.1 Å². The van der Waals surface area contributed by atoms with Crippen molar-refractivity contribution >= 4 is 5.69 Å². The highest BCUT2D eigenvalue weighted by Gasteiger charge is 2.18. The van der Waals surface area contributed by atoms with Gasteiger partial charge in [-0.15, -0.1) is 0 Å². The van der Waals surface area contributed by atoms with Crippen LogP contribution in [0.15, 0.2) is 42.6 Å². The van der Waals surface area contributed by atoms with Crippen LogP contribution >= 0.6 is 0 Å². The third-order valence-corrected chi connectivity index (χ3v) is 2.92. The van der Waals surface area contributed by atoms with E-state index in [0.29, 0.717) is 12.1 Å². The summed E-state index contributed by atoms with van der Waals surface area (Å²) < 4.78 is 0. The van der Waals surface area contributed by atoms with Crippen LogP contribution in [0, 0.1) is 17.0 Å². The van der Waals surface area contributed by atoms with Crippen molar-refractivity contribution < 1.29 is 4.92 Å². The Morgan fingerprint density at radius 2 is 2.05 bits per heavy atom. The number of aromatic nitrogens is 1. The molecule has 0 bridgehead atoms. The summed E-state index contributed by atoms with van der Waals surface area (Å²) in [6.45, 7) is 1.78. The predicted molar refractivity (Wildman–Crippen MR) is 72.7 cm³/mol.